The van der Waals surface area contributed by atoms with Crippen LogP contribution in [0, 0.1) is 0 Å². The lowest BCUT2D eigenvalue weighted by molar-refractivity contribution is 0.0650. The highest BCUT2D eigenvalue weighted by atomic mass is 16.4. The lowest BCUT2D eigenvalue weighted by Crippen LogP contribution is -2.15. The van der Waals surface area contributed by atoms with Crippen molar-refractivity contribution < 1.29 is 29.4 Å². The van der Waals surface area contributed by atoms with Gasteiger partial charge in [-0.1, -0.05) is 6.07 Å². The van der Waals surface area contributed by atoms with Crippen molar-refractivity contribution in [1.29, 1.82) is 0 Å². The number of isocyanates is 2. The third-order valence-corrected chi connectivity index (χ3v) is 2.95. The Hall–Kier alpha value is -3.08. The molecule has 0 saturated heterocycles. The number of carbonyl (C=O) groups excluding carboxylic acids is 2. The molecule has 0 aliphatic rings. The summed E-state index contributed by atoms with van der Waals surface area (Å²) in [5, 5.41) is 18.4. The zero-order valence-electron chi connectivity index (χ0n) is 11.4. The average Bonchev–Trinajstić information content (AvgIpc) is 2.47. The molecule has 0 aromatic heterocycles. The summed E-state index contributed by atoms with van der Waals surface area (Å²) in [4.78, 5) is 49.5. The second-order valence-corrected chi connectivity index (χ2v) is 4.18. The van der Waals surface area contributed by atoms with Gasteiger partial charge in [0.05, 0.1) is 24.2 Å². The summed E-state index contributed by atoms with van der Waals surface area (Å²) in [5.41, 5.74) is 0.0939. The molecule has 0 bridgehead atoms. The van der Waals surface area contributed by atoms with Crippen molar-refractivity contribution in [1.82, 2.24) is 0 Å². The van der Waals surface area contributed by atoms with Gasteiger partial charge in [0.2, 0.25) is 12.2 Å². The number of hydrogen-bond donors (Lipinski definition) is 2. The fraction of sp³-hybridized carbons (Fsp3) is 0.286. The number of aliphatic imine (C=N–C) groups is 2. The van der Waals surface area contributed by atoms with Crippen LogP contribution in [0.5, 0.6) is 0 Å². The number of carboxylic acid groups (broad SMARTS) is 2. The average molecular weight is 304 g/mol. The number of nitrogens with zero attached hydrogens (tertiary/aromatic N) is 2. The van der Waals surface area contributed by atoms with E-state index in [0.29, 0.717) is 5.56 Å². The van der Waals surface area contributed by atoms with Crippen LogP contribution in [0.2, 0.25) is 0 Å². The number of aromatic carboxylic acids is 2. The van der Waals surface area contributed by atoms with E-state index >= 15 is 0 Å². The van der Waals surface area contributed by atoms with Crippen LogP contribution in [0.15, 0.2) is 22.1 Å². The fourth-order valence-electron chi connectivity index (χ4n) is 2.07. The molecule has 22 heavy (non-hydrogen) atoms. The fourth-order valence-corrected chi connectivity index (χ4v) is 2.07. The summed E-state index contributed by atoms with van der Waals surface area (Å²) in [5.74, 6) is -2.75. The molecule has 8 heteroatoms. The molecule has 0 aliphatic carbocycles. The first kappa shape index (κ1) is 17.0. The number of benzene rings is 1. The van der Waals surface area contributed by atoms with Gasteiger partial charge in [0, 0.05) is 0 Å². The normalized spacial score (nSPS) is 9.45. The molecular weight excluding hydrogens is 292 g/mol. The molecule has 0 fully saturated rings. The van der Waals surface area contributed by atoms with Crippen LogP contribution in [0.4, 0.5) is 0 Å². The van der Waals surface area contributed by atoms with E-state index in [1.54, 1.807) is 0 Å². The van der Waals surface area contributed by atoms with Gasteiger partial charge >= 0.3 is 11.9 Å². The Labute approximate surface area is 124 Å². The first-order chi connectivity index (χ1) is 10.5. The van der Waals surface area contributed by atoms with Gasteiger partial charge < -0.3 is 10.2 Å². The lowest BCUT2D eigenvalue weighted by atomic mass is 9.92. The van der Waals surface area contributed by atoms with Crippen molar-refractivity contribution in [3.05, 3.63) is 34.4 Å². The molecule has 0 amide bonds. The quantitative estimate of drug-likeness (QED) is 0.540. The predicted octanol–water partition coefficient (Wildman–Crippen LogP) is 0.840. The van der Waals surface area contributed by atoms with Crippen LogP contribution in [-0.2, 0) is 22.4 Å². The number of carboxylic acids is 2. The molecular formula is C14H12N2O6. The van der Waals surface area contributed by atoms with Gasteiger partial charge in [0.1, 0.15) is 0 Å². The second kappa shape index (κ2) is 8.26. The molecule has 0 aliphatic heterocycles. The van der Waals surface area contributed by atoms with Gasteiger partial charge in [0.15, 0.2) is 0 Å². The molecule has 8 nitrogen and oxygen atoms in total. The zero-order valence-corrected chi connectivity index (χ0v) is 11.4. The van der Waals surface area contributed by atoms with Crippen molar-refractivity contribution >= 4 is 24.1 Å². The third kappa shape index (κ3) is 4.21. The van der Waals surface area contributed by atoms with Gasteiger partial charge in [0.25, 0.3) is 0 Å². The van der Waals surface area contributed by atoms with Crippen LogP contribution in [0.25, 0.3) is 0 Å². The minimum Gasteiger partial charge on any atom is -0.478 e. The SMILES string of the molecule is O=C=NCCc1ccc(C(=O)O)c(C(=O)O)c1CCN=C=O. The first-order valence-corrected chi connectivity index (χ1v) is 6.21. The minimum atomic E-state index is -1.39. The van der Waals surface area contributed by atoms with E-state index in [1.165, 1.54) is 24.3 Å². The van der Waals surface area contributed by atoms with Crippen molar-refractivity contribution in [2.24, 2.45) is 9.98 Å². The van der Waals surface area contributed by atoms with Gasteiger partial charge in [-0.05, 0) is 30.0 Å². The molecule has 2 N–H and O–H groups in total. The highest BCUT2D eigenvalue weighted by molar-refractivity contribution is 6.03. The summed E-state index contributed by atoms with van der Waals surface area (Å²) in [7, 11) is 0. The first-order valence-electron chi connectivity index (χ1n) is 6.21. The Morgan fingerprint density at radius 1 is 0.955 bits per heavy atom. The Kier molecular flexibility index (Phi) is 6.37. The Bertz CT molecular complexity index is 685. The lowest BCUT2D eigenvalue weighted by Gasteiger charge is -2.13. The summed E-state index contributed by atoms with van der Waals surface area (Å²) < 4.78 is 0. The van der Waals surface area contributed by atoms with E-state index in [9.17, 15) is 24.3 Å². The summed E-state index contributed by atoms with van der Waals surface area (Å²) in [6.45, 7) is 0.0791. The summed E-state index contributed by atoms with van der Waals surface area (Å²) >= 11 is 0. The van der Waals surface area contributed by atoms with E-state index in [-0.39, 0.29) is 42.6 Å². The van der Waals surface area contributed by atoms with E-state index in [0.717, 1.165) is 0 Å². The van der Waals surface area contributed by atoms with Crippen LogP contribution in [0.1, 0.15) is 31.8 Å². The van der Waals surface area contributed by atoms with Crippen molar-refractivity contribution in [2.75, 3.05) is 13.1 Å². The maximum Gasteiger partial charge on any atom is 0.336 e. The Morgan fingerprint density at radius 3 is 2.05 bits per heavy atom. The zero-order chi connectivity index (χ0) is 16.5. The highest BCUT2D eigenvalue weighted by Gasteiger charge is 2.22. The van der Waals surface area contributed by atoms with Crippen LogP contribution in [0.3, 0.4) is 0 Å². The van der Waals surface area contributed by atoms with Crippen molar-refractivity contribution in [2.45, 2.75) is 12.8 Å². The van der Waals surface area contributed by atoms with Crippen molar-refractivity contribution in [3.8, 4) is 0 Å². The molecule has 0 heterocycles. The molecule has 0 spiro atoms. The smallest absolute Gasteiger partial charge is 0.336 e. The van der Waals surface area contributed by atoms with Gasteiger partial charge in [-0.15, -0.1) is 0 Å². The Morgan fingerprint density at radius 2 is 1.55 bits per heavy atom. The molecule has 0 saturated carbocycles. The molecule has 0 radical (unpaired) electrons. The van der Waals surface area contributed by atoms with E-state index in [2.05, 4.69) is 9.98 Å². The molecule has 1 rings (SSSR count). The topological polar surface area (TPSA) is 133 Å². The maximum atomic E-state index is 11.4. The van der Waals surface area contributed by atoms with Crippen LogP contribution < -0.4 is 0 Å². The molecule has 1 aromatic carbocycles. The molecule has 0 unspecified atom stereocenters. The van der Waals surface area contributed by atoms with Crippen LogP contribution in [-0.4, -0.2) is 47.4 Å². The monoisotopic (exact) mass is 304 g/mol. The van der Waals surface area contributed by atoms with Crippen molar-refractivity contribution in [3.63, 3.8) is 0 Å². The van der Waals surface area contributed by atoms with Crippen LogP contribution >= 0.6 is 0 Å². The third-order valence-electron chi connectivity index (χ3n) is 2.95. The van der Waals surface area contributed by atoms with E-state index in [4.69, 9.17) is 5.11 Å². The summed E-state index contributed by atoms with van der Waals surface area (Å²) in [6.07, 6.45) is 3.02. The predicted molar refractivity (Wildman–Crippen MR) is 73.7 cm³/mol. The minimum absolute atomic E-state index is 0.0171. The van der Waals surface area contributed by atoms with Gasteiger partial charge in [-0.2, -0.15) is 0 Å². The maximum absolute atomic E-state index is 11.4. The molecule has 1 aromatic rings. The largest absolute Gasteiger partial charge is 0.478 e. The summed E-state index contributed by atoms with van der Waals surface area (Å²) in [6, 6.07) is 2.66. The standard InChI is InChI=1S/C14H12N2O6/c17-7-15-5-3-9-1-2-11(13(19)20)12(14(21)22)10(9)4-6-16-8-18/h1-2H,3-6H2,(H,19,20)(H,21,22). The number of rotatable bonds is 8. The van der Waals surface area contributed by atoms with E-state index in [1.807, 2.05) is 0 Å². The van der Waals surface area contributed by atoms with Gasteiger partial charge in [-0.25, -0.2) is 29.2 Å². The van der Waals surface area contributed by atoms with Gasteiger partial charge in [-0.3, -0.25) is 0 Å². The Balaban J connectivity index is 3.39. The number of carbonyl (C=O) groups is 2. The highest BCUT2D eigenvalue weighted by Crippen LogP contribution is 2.22. The van der Waals surface area contributed by atoms with E-state index < -0.39 is 11.9 Å². The molecule has 114 valence electrons. The molecule has 0 atom stereocenters. The number of hydrogen-bond acceptors (Lipinski definition) is 6. The second-order valence-electron chi connectivity index (χ2n) is 4.18.